The van der Waals surface area contributed by atoms with Crippen LogP contribution in [0.15, 0.2) is 0 Å². The fourth-order valence-corrected chi connectivity index (χ4v) is 0.821. The normalized spacial score (nSPS) is 32.9. The zero-order chi connectivity index (χ0) is 5.98. The summed E-state index contributed by atoms with van der Waals surface area (Å²) < 4.78 is 0. The molecule has 1 heterocycles. The molecule has 4 heteroatoms. The minimum Gasteiger partial charge on any atom is -0.390 e. The number of hydrogen-bond donors (Lipinski definition) is 2. The van der Waals surface area contributed by atoms with Crippen molar-refractivity contribution < 1.29 is 5.11 Å². The Bertz CT molecular complexity index is 123. The molecule has 1 saturated heterocycles. The lowest BCUT2D eigenvalue weighted by Crippen LogP contribution is -2.27. The second-order valence-corrected chi connectivity index (χ2v) is 1.92. The van der Waals surface area contributed by atoms with Crippen LogP contribution in [0.1, 0.15) is 6.42 Å². The van der Waals surface area contributed by atoms with Gasteiger partial charge in [-0.05, 0) is 13.0 Å². The Balaban J connectivity index is 0.000000640. The molecule has 0 aromatic rings. The zero-order valence-electron chi connectivity index (χ0n) is 4.87. The third-order valence-electron chi connectivity index (χ3n) is 1.33. The first-order valence-electron chi connectivity index (χ1n) is 2.65. The molecule has 0 radical (unpaired) electrons. The fraction of sp³-hybridized carbons (Fsp3) is 0.800. The van der Waals surface area contributed by atoms with Gasteiger partial charge >= 0.3 is 0 Å². The van der Waals surface area contributed by atoms with Crippen LogP contribution in [0.25, 0.3) is 0 Å². The highest BCUT2D eigenvalue weighted by atomic mass is 35.5. The van der Waals surface area contributed by atoms with Crippen LogP contribution in [0.5, 0.6) is 0 Å². The molecular formula is C5H9ClN2O. The van der Waals surface area contributed by atoms with E-state index in [0.29, 0.717) is 6.42 Å². The van der Waals surface area contributed by atoms with Gasteiger partial charge in [0.25, 0.3) is 0 Å². The number of nitrogens with zero attached hydrogens (tertiary/aromatic N) is 1. The highest BCUT2D eigenvalue weighted by Crippen LogP contribution is 2.03. The Kier molecular flexibility index (Phi) is 3.55. The third-order valence-corrected chi connectivity index (χ3v) is 1.33. The van der Waals surface area contributed by atoms with Crippen molar-refractivity contribution in [1.82, 2.24) is 5.32 Å². The predicted octanol–water partition coefficient (Wildman–Crippen LogP) is -0.345. The van der Waals surface area contributed by atoms with Crippen molar-refractivity contribution in [3.8, 4) is 6.07 Å². The van der Waals surface area contributed by atoms with Gasteiger partial charge in [-0.25, -0.2) is 0 Å². The molecule has 0 aromatic carbocycles. The predicted molar refractivity (Wildman–Crippen MR) is 35.3 cm³/mol. The van der Waals surface area contributed by atoms with Crippen LogP contribution in [0.4, 0.5) is 0 Å². The number of aliphatic hydroxyl groups excluding tert-OH is 1. The van der Waals surface area contributed by atoms with Gasteiger partial charge in [0.05, 0.1) is 12.2 Å². The number of hydrogen-bond acceptors (Lipinski definition) is 3. The second-order valence-electron chi connectivity index (χ2n) is 1.92. The lowest BCUT2D eigenvalue weighted by molar-refractivity contribution is 0.177. The van der Waals surface area contributed by atoms with Gasteiger partial charge in [-0.1, -0.05) is 0 Å². The zero-order valence-corrected chi connectivity index (χ0v) is 5.69. The summed E-state index contributed by atoms with van der Waals surface area (Å²) in [5.74, 6) is 0. The average molecular weight is 149 g/mol. The molecule has 0 saturated carbocycles. The summed E-state index contributed by atoms with van der Waals surface area (Å²) >= 11 is 0. The van der Waals surface area contributed by atoms with E-state index in [9.17, 15) is 0 Å². The largest absolute Gasteiger partial charge is 0.390 e. The van der Waals surface area contributed by atoms with Gasteiger partial charge in [0, 0.05) is 0 Å². The summed E-state index contributed by atoms with van der Waals surface area (Å²) in [6.45, 7) is 0.763. The summed E-state index contributed by atoms with van der Waals surface area (Å²) in [5, 5.41) is 20.0. The third kappa shape index (κ3) is 1.83. The van der Waals surface area contributed by atoms with Crippen LogP contribution >= 0.6 is 12.4 Å². The lowest BCUT2D eigenvalue weighted by Gasteiger charge is -2.01. The molecule has 3 nitrogen and oxygen atoms in total. The van der Waals surface area contributed by atoms with Crippen LogP contribution in [0.2, 0.25) is 0 Å². The summed E-state index contributed by atoms with van der Waals surface area (Å²) in [6.07, 6.45) is 0.262. The molecule has 2 N–H and O–H groups in total. The molecule has 0 amide bonds. The van der Waals surface area contributed by atoms with E-state index in [4.69, 9.17) is 10.4 Å². The van der Waals surface area contributed by atoms with Crippen LogP contribution in [-0.2, 0) is 0 Å². The van der Waals surface area contributed by atoms with E-state index in [1.54, 1.807) is 0 Å². The summed E-state index contributed by atoms with van der Waals surface area (Å²) in [6, 6.07) is 1.63. The first-order chi connectivity index (χ1) is 3.84. The number of aliphatic hydroxyl groups is 1. The number of nitriles is 1. The SMILES string of the molecule is Cl.N#CC1NCCC1O. The van der Waals surface area contributed by atoms with Crippen molar-refractivity contribution in [3.05, 3.63) is 0 Å². The van der Waals surface area contributed by atoms with Crippen molar-refractivity contribution >= 4 is 12.4 Å². The molecule has 0 aliphatic carbocycles. The molecule has 2 unspecified atom stereocenters. The molecular weight excluding hydrogens is 140 g/mol. The quantitative estimate of drug-likeness (QED) is 0.494. The summed E-state index contributed by atoms with van der Waals surface area (Å²) in [5.41, 5.74) is 0. The Morgan fingerprint density at radius 1 is 1.67 bits per heavy atom. The van der Waals surface area contributed by atoms with Gasteiger partial charge in [0.2, 0.25) is 0 Å². The molecule has 52 valence electrons. The van der Waals surface area contributed by atoms with Crippen molar-refractivity contribution in [1.29, 1.82) is 5.26 Å². The first-order valence-corrected chi connectivity index (χ1v) is 2.65. The fourth-order valence-electron chi connectivity index (χ4n) is 0.821. The van der Waals surface area contributed by atoms with Crippen LogP contribution in [0.3, 0.4) is 0 Å². The Morgan fingerprint density at radius 2 is 2.33 bits per heavy atom. The molecule has 0 spiro atoms. The summed E-state index contributed by atoms with van der Waals surface area (Å²) in [4.78, 5) is 0. The van der Waals surface area contributed by atoms with Crippen molar-refractivity contribution in [3.63, 3.8) is 0 Å². The van der Waals surface area contributed by atoms with E-state index in [2.05, 4.69) is 5.32 Å². The Morgan fingerprint density at radius 3 is 2.56 bits per heavy atom. The lowest BCUT2D eigenvalue weighted by atomic mass is 10.2. The van der Waals surface area contributed by atoms with Gasteiger partial charge in [-0.3, -0.25) is 5.32 Å². The maximum atomic E-state index is 8.90. The van der Waals surface area contributed by atoms with Gasteiger partial charge < -0.3 is 5.11 Å². The number of rotatable bonds is 0. The van der Waals surface area contributed by atoms with Crippen molar-refractivity contribution in [2.45, 2.75) is 18.6 Å². The average Bonchev–Trinajstić information content (AvgIpc) is 2.14. The molecule has 1 rings (SSSR count). The second kappa shape index (κ2) is 3.67. The topological polar surface area (TPSA) is 56.0 Å². The van der Waals surface area contributed by atoms with E-state index in [1.807, 2.05) is 6.07 Å². The first kappa shape index (κ1) is 8.70. The van der Waals surface area contributed by atoms with Crippen LogP contribution in [0, 0.1) is 11.3 Å². The standard InChI is InChI=1S/C5H8N2O.ClH/c6-3-4-5(8)1-2-7-4;/h4-5,7-8H,1-2H2;1H. The molecule has 9 heavy (non-hydrogen) atoms. The van der Waals surface area contributed by atoms with Gasteiger partial charge in [-0.2, -0.15) is 5.26 Å². The van der Waals surface area contributed by atoms with Gasteiger partial charge in [0.15, 0.2) is 0 Å². The molecule has 1 aliphatic rings. The van der Waals surface area contributed by atoms with Crippen LogP contribution in [-0.4, -0.2) is 23.8 Å². The minimum atomic E-state index is -0.444. The smallest absolute Gasteiger partial charge is 0.122 e. The Hall–Kier alpha value is -0.300. The van der Waals surface area contributed by atoms with Gasteiger partial charge in [-0.15, -0.1) is 12.4 Å². The van der Waals surface area contributed by atoms with E-state index < -0.39 is 6.10 Å². The number of halogens is 1. The highest BCUT2D eigenvalue weighted by molar-refractivity contribution is 5.85. The maximum Gasteiger partial charge on any atom is 0.122 e. The molecule has 1 fully saturated rings. The monoisotopic (exact) mass is 148 g/mol. The van der Waals surface area contributed by atoms with Crippen LogP contribution < -0.4 is 5.32 Å². The van der Waals surface area contributed by atoms with E-state index >= 15 is 0 Å². The van der Waals surface area contributed by atoms with E-state index in [-0.39, 0.29) is 18.4 Å². The number of nitrogens with one attached hydrogen (secondary N) is 1. The van der Waals surface area contributed by atoms with E-state index in [0.717, 1.165) is 6.54 Å². The van der Waals surface area contributed by atoms with E-state index in [1.165, 1.54) is 0 Å². The van der Waals surface area contributed by atoms with Gasteiger partial charge in [0.1, 0.15) is 6.04 Å². The molecule has 0 aromatic heterocycles. The highest BCUT2D eigenvalue weighted by Gasteiger charge is 2.23. The van der Waals surface area contributed by atoms with Crippen molar-refractivity contribution in [2.75, 3.05) is 6.54 Å². The molecule has 2 atom stereocenters. The summed E-state index contributed by atoms with van der Waals surface area (Å²) in [7, 11) is 0. The minimum absolute atomic E-state index is 0. The Labute approximate surface area is 60.1 Å². The van der Waals surface area contributed by atoms with Crippen molar-refractivity contribution in [2.24, 2.45) is 0 Å². The molecule has 0 bridgehead atoms. The molecule has 1 aliphatic heterocycles. The maximum absolute atomic E-state index is 8.90.